The lowest BCUT2D eigenvalue weighted by atomic mass is 9.71. The van der Waals surface area contributed by atoms with Crippen LogP contribution in [0.4, 0.5) is 4.79 Å². The van der Waals surface area contributed by atoms with E-state index in [-0.39, 0.29) is 6.09 Å². The Morgan fingerprint density at radius 3 is 1.92 bits per heavy atom. The molecule has 2 heterocycles. The van der Waals surface area contributed by atoms with E-state index in [4.69, 9.17) is 4.74 Å². The third-order valence-electron chi connectivity index (χ3n) is 5.07. The fourth-order valence-electron chi connectivity index (χ4n) is 3.40. The number of hydrogen-bond donors (Lipinski definition) is 0. The van der Waals surface area contributed by atoms with Crippen molar-refractivity contribution < 1.29 is 19.1 Å². The van der Waals surface area contributed by atoms with Gasteiger partial charge in [-0.25, -0.2) is 4.79 Å². The van der Waals surface area contributed by atoms with E-state index in [0.29, 0.717) is 18.5 Å². The highest BCUT2D eigenvalue weighted by molar-refractivity contribution is 5.68. The highest BCUT2D eigenvalue weighted by atomic mass is 16.6. The molecule has 0 saturated carbocycles. The van der Waals surface area contributed by atoms with E-state index in [1.807, 2.05) is 25.7 Å². The number of ether oxygens (including phenoxy) is 2. The van der Waals surface area contributed by atoms with Gasteiger partial charge < -0.3 is 19.3 Å². The first-order valence-electron chi connectivity index (χ1n) is 9.51. The summed E-state index contributed by atoms with van der Waals surface area (Å²) >= 11 is 0. The van der Waals surface area contributed by atoms with Gasteiger partial charge in [0.1, 0.15) is 5.60 Å². The van der Waals surface area contributed by atoms with Crippen LogP contribution in [0.25, 0.3) is 0 Å². The summed E-state index contributed by atoms with van der Waals surface area (Å²) in [5.74, 6) is 0. The molecular weight excluding hydrogens is 320 g/mol. The van der Waals surface area contributed by atoms with Gasteiger partial charge >= 0.3 is 6.09 Å². The molecule has 2 fully saturated rings. The third kappa shape index (κ3) is 7.63. The number of likely N-dealkylation sites (tertiary alicyclic amines) is 2. The number of rotatable bonds is 3. The van der Waals surface area contributed by atoms with Gasteiger partial charge in [0, 0.05) is 13.1 Å². The van der Waals surface area contributed by atoms with Gasteiger partial charge in [-0.3, -0.25) is 4.79 Å². The predicted octanol–water partition coefficient (Wildman–Crippen LogP) is 3.30. The van der Waals surface area contributed by atoms with Crippen molar-refractivity contribution in [3.63, 3.8) is 0 Å². The minimum absolute atomic E-state index is 0.140. The maximum absolute atomic E-state index is 12.1. The molecule has 6 nitrogen and oxygen atoms in total. The van der Waals surface area contributed by atoms with Crippen molar-refractivity contribution in [3.05, 3.63) is 0 Å². The van der Waals surface area contributed by atoms with E-state index < -0.39 is 5.60 Å². The molecule has 0 bridgehead atoms. The van der Waals surface area contributed by atoms with Crippen molar-refractivity contribution in [2.24, 2.45) is 5.41 Å². The number of carbonyl (C=O) groups is 2. The summed E-state index contributed by atoms with van der Waals surface area (Å²) in [5.41, 5.74) is 0.100. The smallest absolute Gasteiger partial charge is 0.410 e. The van der Waals surface area contributed by atoms with Gasteiger partial charge in [-0.15, -0.1) is 0 Å². The van der Waals surface area contributed by atoms with Crippen molar-refractivity contribution in [2.75, 3.05) is 39.3 Å². The first kappa shape index (κ1) is 21.7. The second-order valence-electron chi connectivity index (χ2n) is 7.95. The summed E-state index contributed by atoms with van der Waals surface area (Å²) in [6, 6.07) is 0. The Balaban J connectivity index is 0.000000550. The van der Waals surface area contributed by atoms with E-state index in [1.165, 1.54) is 32.5 Å². The highest BCUT2D eigenvalue weighted by Crippen LogP contribution is 2.41. The Labute approximate surface area is 152 Å². The Kier molecular flexibility index (Phi) is 8.69. The summed E-state index contributed by atoms with van der Waals surface area (Å²) in [6.45, 7) is 16.0. The van der Waals surface area contributed by atoms with Gasteiger partial charge in [0.05, 0.1) is 6.61 Å². The van der Waals surface area contributed by atoms with Gasteiger partial charge in [0.25, 0.3) is 6.47 Å². The fraction of sp³-hybridized carbons (Fsp3) is 0.895. The molecule has 146 valence electrons. The van der Waals surface area contributed by atoms with Crippen LogP contribution < -0.4 is 0 Å². The van der Waals surface area contributed by atoms with E-state index in [2.05, 4.69) is 16.6 Å². The average molecular weight is 357 g/mol. The third-order valence-corrected chi connectivity index (χ3v) is 5.07. The van der Waals surface area contributed by atoms with Crippen molar-refractivity contribution in [2.45, 2.75) is 65.9 Å². The molecule has 2 aliphatic heterocycles. The molecule has 1 amide bonds. The number of hydrogen-bond acceptors (Lipinski definition) is 5. The molecule has 0 atom stereocenters. The number of piperidine rings is 2. The zero-order valence-electron chi connectivity index (χ0n) is 16.7. The second-order valence-corrected chi connectivity index (χ2v) is 7.95. The summed E-state index contributed by atoms with van der Waals surface area (Å²) in [5, 5.41) is 0. The van der Waals surface area contributed by atoms with Gasteiger partial charge in [0.2, 0.25) is 0 Å². The number of amides is 1. The van der Waals surface area contributed by atoms with Crippen molar-refractivity contribution in [1.29, 1.82) is 0 Å². The minimum Gasteiger partial charge on any atom is -0.468 e. The van der Waals surface area contributed by atoms with E-state index in [0.717, 1.165) is 25.9 Å². The van der Waals surface area contributed by atoms with Crippen LogP contribution in [-0.2, 0) is 14.3 Å². The van der Waals surface area contributed by atoms with Crippen molar-refractivity contribution >= 4 is 12.6 Å². The molecule has 0 aromatic rings. The zero-order chi connectivity index (χ0) is 18.9. The molecule has 6 heteroatoms. The fourth-order valence-corrected chi connectivity index (χ4v) is 3.40. The van der Waals surface area contributed by atoms with Crippen LogP contribution in [-0.4, -0.2) is 67.3 Å². The van der Waals surface area contributed by atoms with Gasteiger partial charge in [-0.1, -0.05) is 6.92 Å². The number of carbonyl (C=O) groups excluding carboxylic acids is 2. The summed E-state index contributed by atoms with van der Waals surface area (Å²) in [6.07, 6.45) is 4.73. The second kappa shape index (κ2) is 10.00. The summed E-state index contributed by atoms with van der Waals surface area (Å²) < 4.78 is 9.62. The van der Waals surface area contributed by atoms with Crippen LogP contribution >= 0.6 is 0 Å². The first-order chi connectivity index (χ1) is 11.7. The largest absolute Gasteiger partial charge is 0.468 e. The highest BCUT2D eigenvalue weighted by Gasteiger charge is 2.38. The molecule has 0 N–H and O–H groups in total. The molecule has 0 aliphatic carbocycles. The van der Waals surface area contributed by atoms with E-state index >= 15 is 0 Å². The maximum Gasteiger partial charge on any atom is 0.410 e. The number of nitrogens with zero attached hydrogens (tertiary/aromatic N) is 2. The van der Waals surface area contributed by atoms with Crippen LogP contribution in [0, 0.1) is 5.41 Å². The average Bonchev–Trinajstić information content (AvgIpc) is 2.56. The Bertz CT molecular complexity index is 402. The summed E-state index contributed by atoms with van der Waals surface area (Å²) in [4.78, 5) is 25.7. The first-order valence-corrected chi connectivity index (χ1v) is 9.51. The molecule has 0 unspecified atom stereocenters. The van der Waals surface area contributed by atoms with E-state index in [1.54, 1.807) is 6.92 Å². The lowest BCUT2D eigenvalue weighted by Gasteiger charge is -2.46. The molecule has 1 spiro atoms. The molecule has 0 aromatic carbocycles. The standard InChI is InChI=1S/C16H30N2O2.C3H6O2/c1-5-17-10-6-16(7-11-17)8-12-18(13-9-16)14(19)20-15(2,3)4;1-2-5-3-4/h5-13H2,1-4H3;3H,2H2,1H3. The molecule has 0 aromatic heterocycles. The minimum atomic E-state index is -0.390. The predicted molar refractivity (Wildman–Crippen MR) is 98.5 cm³/mol. The van der Waals surface area contributed by atoms with Gasteiger partial charge in [0.15, 0.2) is 0 Å². The molecule has 2 saturated heterocycles. The lowest BCUT2D eigenvalue weighted by molar-refractivity contribution is -0.128. The molecule has 0 radical (unpaired) electrons. The molecule has 2 rings (SSSR count). The SMILES string of the molecule is CCN1CCC2(CC1)CCN(C(=O)OC(C)(C)C)CC2.CCOC=O. The molecule has 2 aliphatic rings. The molecular formula is C19H36N2O4. The normalized spacial score (nSPS) is 20.4. The lowest BCUT2D eigenvalue weighted by Crippen LogP contribution is -2.49. The molecule has 25 heavy (non-hydrogen) atoms. The zero-order valence-corrected chi connectivity index (χ0v) is 16.7. The van der Waals surface area contributed by atoms with Gasteiger partial charge in [-0.2, -0.15) is 0 Å². The Morgan fingerprint density at radius 1 is 1.04 bits per heavy atom. The Hall–Kier alpha value is -1.30. The topological polar surface area (TPSA) is 59.1 Å². The van der Waals surface area contributed by atoms with Crippen LogP contribution in [0.3, 0.4) is 0 Å². The van der Waals surface area contributed by atoms with Gasteiger partial charge in [-0.05, 0) is 78.4 Å². The monoisotopic (exact) mass is 356 g/mol. The van der Waals surface area contributed by atoms with Crippen LogP contribution in [0.15, 0.2) is 0 Å². The van der Waals surface area contributed by atoms with Crippen LogP contribution in [0.2, 0.25) is 0 Å². The Morgan fingerprint density at radius 2 is 1.56 bits per heavy atom. The van der Waals surface area contributed by atoms with Crippen LogP contribution in [0.1, 0.15) is 60.3 Å². The van der Waals surface area contributed by atoms with Crippen molar-refractivity contribution in [1.82, 2.24) is 9.80 Å². The van der Waals surface area contributed by atoms with Crippen molar-refractivity contribution in [3.8, 4) is 0 Å². The summed E-state index contributed by atoms with van der Waals surface area (Å²) in [7, 11) is 0. The quantitative estimate of drug-likeness (QED) is 0.726. The van der Waals surface area contributed by atoms with E-state index in [9.17, 15) is 9.59 Å². The maximum atomic E-state index is 12.1. The van der Waals surface area contributed by atoms with Crippen LogP contribution in [0.5, 0.6) is 0 Å².